The fourth-order valence-corrected chi connectivity index (χ4v) is 10.2. The maximum atomic E-state index is 16.4. The van der Waals surface area contributed by atoms with Crippen molar-refractivity contribution in [3.63, 3.8) is 0 Å². The first-order valence-electron chi connectivity index (χ1n) is 24.6. The van der Waals surface area contributed by atoms with Crippen LogP contribution in [-0.4, -0.2) is 85.3 Å². The zero-order chi connectivity index (χ0) is 58.4. The Morgan fingerprint density at radius 3 is 0.838 bits per heavy atom. The first kappa shape index (κ1) is 64.2. The molecule has 0 aliphatic carbocycles. The number of alkyl halides is 9. The second kappa shape index (κ2) is 29.8. The van der Waals surface area contributed by atoms with Crippen molar-refractivity contribution in [3.05, 3.63) is 162 Å². The van der Waals surface area contributed by atoms with Crippen molar-refractivity contribution in [1.29, 1.82) is 0 Å². The average molecular weight is 1240 g/mol. The molecule has 428 valence electrons. The normalized spacial score (nSPS) is 15.9. The van der Waals surface area contributed by atoms with Gasteiger partial charge in [0.05, 0.1) is 35.2 Å². The third kappa shape index (κ3) is 17.3. The van der Waals surface area contributed by atoms with Gasteiger partial charge < -0.3 is 33.2 Å². The van der Waals surface area contributed by atoms with E-state index in [4.69, 9.17) is 100 Å². The molecule has 0 aliphatic rings. The third-order valence-electron chi connectivity index (χ3n) is 12.4. The van der Waals surface area contributed by atoms with Gasteiger partial charge in [-0.25, -0.2) is 17.7 Å². The summed E-state index contributed by atoms with van der Waals surface area (Å²) < 4.78 is 82.9. The topological polar surface area (TPSA) is 249 Å². The Morgan fingerprint density at radius 1 is 0.438 bits per heavy atom. The highest BCUT2D eigenvalue weighted by molar-refractivity contribution is 7.48. The smallest absolute Gasteiger partial charge is 0.345 e. The maximum absolute atomic E-state index is 16.4. The molecule has 0 saturated carbocycles. The number of nitrogens with two attached hydrogens (primary N) is 3. The van der Waals surface area contributed by atoms with Gasteiger partial charge in [0, 0.05) is 53.4 Å². The van der Waals surface area contributed by atoms with Crippen LogP contribution in [0.4, 0.5) is 13.2 Å². The minimum Gasteiger partial charge on any atom is -0.345 e. The molecule has 3 aromatic heterocycles. The molecule has 9 N–H and O–H groups in total. The number of carbonyl (C=O) groups is 3. The van der Waals surface area contributed by atoms with Gasteiger partial charge in [-0.1, -0.05) is 161 Å². The van der Waals surface area contributed by atoms with Gasteiger partial charge in [-0.05, 0) is 72.4 Å². The minimum atomic E-state index is -5.76. The molecule has 3 aromatic carbocycles. The van der Waals surface area contributed by atoms with Crippen LogP contribution < -0.4 is 33.2 Å². The molecule has 9 unspecified atom stereocenters. The standard InChI is InChI=1S/C54H57Cl6F3N9O7P/c1-28(64)40-19-16-37(25-67-40)31-4-10-34(11-5-31)46(43(22-61)70-52(73)49(55)56)77-80(76,78-47(44(23-62)71-53(74)50(57)58)35-12-6-32(7-13-35)38-17-20-41(29(2)65)68-26-38)79-48(45(24-63)72-54(75)51(59)60)36-14-8-33(9-15-36)39-18-21-42(30(3)66)69-27-39/h4-21,25-30,43-51H,22-24,64-66H2,1-3H3,(H,70,73)(H,71,74)(H,72,75). The van der Waals surface area contributed by atoms with E-state index in [0.29, 0.717) is 50.5 Å². The van der Waals surface area contributed by atoms with E-state index in [0.717, 1.165) is 0 Å². The van der Waals surface area contributed by atoms with Crippen LogP contribution in [0.15, 0.2) is 128 Å². The molecule has 80 heavy (non-hydrogen) atoms. The Hall–Kier alpha value is -4.96. The molecule has 0 fully saturated rings. The van der Waals surface area contributed by atoms with Crippen molar-refractivity contribution in [1.82, 2.24) is 30.9 Å². The Kier molecular flexibility index (Phi) is 24.0. The Morgan fingerprint density at radius 2 is 0.662 bits per heavy atom. The number of halogens is 9. The van der Waals surface area contributed by atoms with Gasteiger partial charge in [-0.3, -0.25) is 42.9 Å². The summed E-state index contributed by atoms with van der Waals surface area (Å²) in [5.74, 6) is -3.31. The van der Waals surface area contributed by atoms with Gasteiger partial charge in [-0.2, -0.15) is 0 Å². The van der Waals surface area contributed by atoms with E-state index in [9.17, 15) is 14.4 Å². The summed E-state index contributed by atoms with van der Waals surface area (Å²) >= 11 is 35.7. The van der Waals surface area contributed by atoms with E-state index in [1.807, 2.05) is 0 Å². The fraction of sp³-hybridized carbons (Fsp3) is 0.333. The number of nitrogens with zero attached hydrogens (tertiary/aromatic N) is 3. The number of phosphoric acid groups is 1. The quantitative estimate of drug-likeness (QED) is 0.0208. The van der Waals surface area contributed by atoms with Crippen molar-refractivity contribution >= 4 is 95.1 Å². The first-order chi connectivity index (χ1) is 38.0. The van der Waals surface area contributed by atoms with Crippen LogP contribution in [0.25, 0.3) is 33.4 Å². The number of hydrogen-bond donors (Lipinski definition) is 6. The number of benzene rings is 3. The summed E-state index contributed by atoms with van der Waals surface area (Å²) in [6.07, 6.45) is -0.999. The van der Waals surface area contributed by atoms with Crippen LogP contribution in [0, 0.1) is 0 Å². The first-order valence-corrected chi connectivity index (χ1v) is 28.7. The van der Waals surface area contributed by atoms with Crippen LogP contribution in [0.1, 0.15) is 91.0 Å². The molecular weight excluding hydrogens is 1190 g/mol. The molecule has 16 nitrogen and oxygen atoms in total. The SMILES string of the molecule is CC(N)c1ccc(-c2ccc(C(OP(=O)(OC(c3ccc(-c4ccc(C(C)N)nc4)cc3)C(CF)NC(=O)C(Cl)Cl)OC(c3ccc(-c4ccc(C(C)N)nc4)cc3)C(CF)NC(=O)C(Cl)Cl)C(CF)NC(=O)C(Cl)Cl)cc2)cn1. The zero-order valence-corrected chi connectivity index (χ0v) is 48.4. The summed E-state index contributed by atoms with van der Waals surface area (Å²) in [7, 11) is -5.76. The van der Waals surface area contributed by atoms with Crippen molar-refractivity contribution < 1.29 is 45.7 Å². The molecule has 0 saturated heterocycles. The largest absolute Gasteiger partial charge is 0.476 e. The number of carbonyl (C=O) groups excluding carboxylic acids is 3. The Bertz CT molecular complexity index is 2700. The van der Waals surface area contributed by atoms with E-state index < -0.39 is 96.5 Å². The highest BCUT2D eigenvalue weighted by Crippen LogP contribution is 2.60. The predicted octanol–water partition coefficient (Wildman–Crippen LogP) is 11.4. The average Bonchev–Trinajstić information content (AvgIpc) is 3.52. The van der Waals surface area contributed by atoms with Crippen molar-refractivity contribution in [2.24, 2.45) is 17.2 Å². The predicted molar refractivity (Wildman–Crippen MR) is 306 cm³/mol. The van der Waals surface area contributed by atoms with Crippen LogP contribution >= 0.6 is 77.4 Å². The zero-order valence-electron chi connectivity index (χ0n) is 43.0. The number of aromatic nitrogens is 3. The van der Waals surface area contributed by atoms with Gasteiger partial charge in [0.2, 0.25) is 0 Å². The molecule has 0 radical (unpaired) electrons. The highest BCUT2D eigenvalue weighted by Gasteiger charge is 2.45. The number of rotatable bonds is 27. The lowest BCUT2D eigenvalue weighted by Gasteiger charge is -2.36. The molecule has 0 spiro atoms. The molecule has 0 aliphatic heterocycles. The van der Waals surface area contributed by atoms with E-state index >= 15 is 17.7 Å². The molecule has 0 bridgehead atoms. The van der Waals surface area contributed by atoms with E-state index in [1.165, 1.54) is 36.4 Å². The lowest BCUT2D eigenvalue weighted by atomic mass is 9.99. The second-order valence-electron chi connectivity index (χ2n) is 18.4. The maximum Gasteiger partial charge on any atom is 0.476 e. The summed E-state index contributed by atoms with van der Waals surface area (Å²) in [5, 5.41) is 7.06. The summed E-state index contributed by atoms with van der Waals surface area (Å²) in [6.45, 7) is 0.944. The second-order valence-corrected chi connectivity index (χ2v) is 23.2. The van der Waals surface area contributed by atoms with E-state index in [1.54, 1.807) is 112 Å². The summed E-state index contributed by atoms with van der Waals surface area (Å²) in [5.41, 5.74) is 23.6. The van der Waals surface area contributed by atoms with Gasteiger partial charge in [0.15, 0.2) is 14.5 Å². The Balaban J connectivity index is 1.57. The number of phosphoric ester groups is 1. The van der Waals surface area contributed by atoms with Gasteiger partial charge in [0.1, 0.15) is 38.3 Å². The van der Waals surface area contributed by atoms with Gasteiger partial charge in [-0.15, -0.1) is 0 Å². The number of pyridine rings is 3. The van der Waals surface area contributed by atoms with Gasteiger partial charge >= 0.3 is 7.82 Å². The molecule has 6 rings (SSSR count). The molecule has 9 atom stereocenters. The molecule has 6 aromatic rings. The van der Waals surface area contributed by atoms with Crippen molar-refractivity contribution in [2.45, 2.75) is 89.8 Å². The summed E-state index contributed by atoms with van der Waals surface area (Å²) in [6, 6.07) is 22.2. The molecule has 26 heteroatoms. The monoisotopic (exact) mass is 1240 g/mol. The lowest BCUT2D eigenvalue weighted by Crippen LogP contribution is -2.46. The summed E-state index contributed by atoms with van der Waals surface area (Å²) in [4.78, 5) is 47.6. The van der Waals surface area contributed by atoms with Crippen LogP contribution in [-0.2, 0) is 32.5 Å². The molecule has 3 heterocycles. The number of amides is 3. The van der Waals surface area contributed by atoms with Gasteiger partial charge in [0.25, 0.3) is 17.7 Å². The van der Waals surface area contributed by atoms with Crippen LogP contribution in [0.3, 0.4) is 0 Å². The minimum absolute atomic E-state index is 0.0176. The van der Waals surface area contributed by atoms with Crippen LogP contribution in [0.5, 0.6) is 0 Å². The number of hydrogen-bond acceptors (Lipinski definition) is 13. The fourth-order valence-electron chi connectivity index (χ4n) is 8.05. The van der Waals surface area contributed by atoms with Crippen molar-refractivity contribution in [3.8, 4) is 33.4 Å². The molecule has 3 amide bonds. The van der Waals surface area contributed by atoms with Crippen molar-refractivity contribution in [2.75, 3.05) is 20.0 Å². The van der Waals surface area contributed by atoms with Crippen LogP contribution in [0.2, 0.25) is 0 Å². The Labute approximate surface area is 490 Å². The third-order valence-corrected chi connectivity index (χ3v) is 15.0. The highest BCUT2D eigenvalue weighted by atomic mass is 35.5. The molecular formula is C54H57Cl6F3N9O7P. The number of nitrogens with one attached hydrogen (secondary N) is 3. The lowest BCUT2D eigenvalue weighted by molar-refractivity contribution is -0.121. The van der Waals surface area contributed by atoms with E-state index in [-0.39, 0.29) is 34.8 Å². The van der Waals surface area contributed by atoms with E-state index in [2.05, 4.69) is 30.9 Å².